The van der Waals surface area contributed by atoms with Crippen molar-refractivity contribution in [2.75, 3.05) is 48.0 Å². The van der Waals surface area contributed by atoms with Crippen molar-refractivity contribution in [1.82, 2.24) is 9.88 Å². The highest BCUT2D eigenvalue weighted by Gasteiger charge is 2.39. The van der Waals surface area contributed by atoms with Gasteiger partial charge in [-0.15, -0.1) is 0 Å². The van der Waals surface area contributed by atoms with E-state index in [2.05, 4.69) is 21.6 Å². The van der Waals surface area contributed by atoms with Crippen LogP contribution < -0.4 is 14.5 Å². The molecule has 31 heavy (non-hydrogen) atoms. The van der Waals surface area contributed by atoms with Gasteiger partial charge in [0, 0.05) is 24.3 Å². The average Bonchev–Trinajstić information content (AvgIpc) is 2.72. The smallest absolute Gasteiger partial charge is 0.249 e. The van der Waals surface area contributed by atoms with Crippen LogP contribution in [0, 0.1) is 0 Å². The second-order valence-electron chi connectivity index (χ2n) is 8.51. The number of piperidine rings is 1. The van der Waals surface area contributed by atoms with Gasteiger partial charge < -0.3 is 14.7 Å². The molecule has 1 atom stereocenters. The lowest BCUT2D eigenvalue weighted by Crippen LogP contribution is -2.57. The van der Waals surface area contributed by atoms with Crippen LogP contribution in [-0.4, -0.2) is 69.7 Å². The molecule has 166 valence electrons. The number of nitrogens with one attached hydrogen (secondary N) is 1. The van der Waals surface area contributed by atoms with Crippen LogP contribution >= 0.6 is 0 Å². The van der Waals surface area contributed by atoms with Gasteiger partial charge in [0.15, 0.2) is 5.82 Å². The molecule has 1 N–H and O–H groups in total. The number of benzene rings is 1. The summed E-state index contributed by atoms with van der Waals surface area (Å²) in [7, 11) is 0.549. The second-order valence-corrected chi connectivity index (χ2v) is 10.3. The number of hydrogen-bond donors (Lipinski definition) is 1. The summed E-state index contributed by atoms with van der Waals surface area (Å²) < 4.78 is 25.7. The topological polar surface area (TPSA) is 85.8 Å². The molecule has 0 radical (unpaired) electrons. The molecule has 0 spiro atoms. The fraction of sp³-hybridized carbons (Fsp3) is 0.455. The molecule has 0 saturated carbocycles. The van der Waals surface area contributed by atoms with Gasteiger partial charge in [-0.05, 0) is 64.2 Å². The number of aromatic nitrogens is 1. The molecule has 2 aromatic rings. The van der Waals surface area contributed by atoms with Crippen molar-refractivity contribution >= 4 is 33.1 Å². The van der Waals surface area contributed by atoms with E-state index in [1.54, 1.807) is 30.1 Å². The van der Waals surface area contributed by atoms with E-state index in [-0.39, 0.29) is 18.0 Å². The van der Waals surface area contributed by atoms with E-state index in [0.717, 1.165) is 54.9 Å². The van der Waals surface area contributed by atoms with Gasteiger partial charge in [-0.3, -0.25) is 9.52 Å². The lowest BCUT2D eigenvalue weighted by Gasteiger charge is -2.46. The zero-order valence-electron chi connectivity index (χ0n) is 18.4. The molecular formula is C22H29N5O3S. The predicted octanol–water partition coefficient (Wildman–Crippen LogP) is 2.39. The van der Waals surface area contributed by atoms with Crippen molar-refractivity contribution < 1.29 is 13.2 Å². The van der Waals surface area contributed by atoms with Crippen molar-refractivity contribution in [3.05, 3.63) is 36.4 Å². The zero-order valence-corrected chi connectivity index (χ0v) is 19.2. The van der Waals surface area contributed by atoms with E-state index in [1.165, 1.54) is 0 Å². The van der Waals surface area contributed by atoms with Crippen LogP contribution in [0.5, 0.6) is 0 Å². The molecule has 8 nitrogen and oxygen atoms in total. The normalized spacial score (nSPS) is 20.6. The fourth-order valence-corrected chi connectivity index (χ4v) is 5.03. The van der Waals surface area contributed by atoms with Crippen LogP contribution in [0.2, 0.25) is 0 Å². The summed E-state index contributed by atoms with van der Waals surface area (Å²) in [5, 5.41) is 0. The molecule has 1 fully saturated rings. The van der Waals surface area contributed by atoms with E-state index in [4.69, 9.17) is 4.98 Å². The van der Waals surface area contributed by atoms with Gasteiger partial charge in [0.25, 0.3) is 0 Å². The Kier molecular flexibility index (Phi) is 5.65. The van der Waals surface area contributed by atoms with E-state index in [9.17, 15) is 13.2 Å². The molecule has 2 aliphatic heterocycles. The third kappa shape index (κ3) is 4.38. The monoisotopic (exact) mass is 443 g/mol. The maximum Gasteiger partial charge on any atom is 0.249 e. The Labute approximate surface area is 183 Å². The molecule has 3 heterocycles. The van der Waals surface area contributed by atoms with Crippen molar-refractivity contribution in [1.29, 1.82) is 0 Å². The van der Waals surface area contributed by atoms with Gasteiger partial charge in [-0.1, -0.05) is 12.1 Å². The molecule has 4 rings (SSSR count). The first kappa shape index (κ1) is 21.6. The number of rotatable bonds is 4. The van der Waals surface area contributed by atoms with Gasteiger partial charge in [-0.25, -0.2) is 13.4 Å². The highest BCUT2D eigenvalue weighted by Crippen LogP contribution is 2.38. The molecule has 0 unspecified atom stereocenters. The Morgan fingerprint density at radius 1 is 1.10 bits per heavy atom. The first-order valence-corrected chi connectivity index (χ1v) is 12.4. The number of pyridine rings is 1. The summed E-state index contributed by atoms with van der Waals surface area (Å²) in [6.07, 6.45) is 3.10. The van der Waals surface area contributed by atoms with Crippen LogP contribution in [0.15, 0.2) is 36.4 Å². The Hall–Kier alpha value is -2.65. The molecule has 0 aliphatic carbocycles. The number of likely N-dealkylation sites (N-methyl/N-ethyl adjacent to an activating group) is 1. The van der Waals surface area contributed by atoms with E-state index in [0.29, 0.717) is 5.69 Å². The van der Waals surface area contributed by atoms with Crippen molar-refractivity contribution in [3.8, 4) is 11.3 Å². The SMILES string of the molecule is C[C@@H]1C(=O)N(C)c2ccc(-c3cccc(NS(C)(=O)=O)c3)nc2N1C1CCN(C)CC1. The number of fused-ring (bicyclic) bond motifs is 1. The van der Waals surface area contributed by atoms with Gasteiger partial charge in [-0.2, -0.15) is 0 Å². The molecule has 0 bridgehead atoms. The van der Waals surface area contributed by atoms with E-state index in [1.807, 2.05) is 25.1 Å². The Morgan fingerprint density at radius 3 is 2.48 bits per heavy atom. The number of carbonyl (C=O) groups is 1. The molecule has 1 saturated heterocycles. The van der Waals surface area contributed by atoms with E-state index < -0.39 is 10.0 Å². The predicted molar refractivity (Wildman–Crippen MR) is 124 cm³/mol. The lowest BCUT2D eigenvalue weighted by atomic mass is 9.99. The average molecular weight is 444 g/mol. The maximum atomic E-state index is 12.9. The zero-order chi connectivity index (χ0) is 22.3. The number of nitrogens with zero attached hydrogens (tertiary/aromatic N) is 4. The Morgan fingerprint density at radius 2 is 1.81 bits per heavy atom. The lowest BCUT2D eigenvalue weighted by molar-refractivity contribution is -0.119. The molecule has 1 aromatic heterocycles. The number of amides is 1. The largest absolute Gasteiger partial charge is 0.340 e. The first-order chi connectivity index (χ1) is 14.6. The van der Waals surface area contributed by atoms with Crippen molar-refractivity contribution in [2.24, 2.45) is 0 Å². The molecule has 1 amide bonds. The van der Waals surface area contributed by atoms with Crippen molar-refractivity contribution in [3.63, 3.8) is 0 Å². The number of sulfonamides is 1. The number of hydrogen-bond acceptors (Lipinski definition) is 6. The molecule has 2 aliphatic rings. The highest BCUT2D eigenvalue weighted by atomic mass is 32.2. The maximum absolute atomic E-state index is 12.9. The minimum Gasteiger partial charge on any atom is -0.340 e. The summed E-state index contributed by atoms with van der Waals surface area (Å²) in [6, 6.07) is 11.0. The molecule has 1 aromatic carbocycles. The van der Waals surface area contributed by atoms with Crippen LogP contribution in [0.25, 0.3) is 11.3 Å². The van der Waals surface area contributed by atoms with Crippen molar-refractivity contribution in [2.45, 2.75) is 31.8 Å². The van der Waals surface area contributed by atoms with Crippen LogP contribution in [0.4, 0.5) is 17.2 Å². The minimum atomic E-state index is -3.37. The second kappa shape index (κ2) is 8.12. The van der Waals surface area contributed by atoms with E-state index >= 15 is 0 Å². The summed E-state index contributed by atoms with van der Waals surface area (Å²) >= 11 is 0. The number of anilines is 3. The summed E-state index contributed by atoms with van der Waals surface area (Å²) in [5.74, 6) is 0.878. The number of carbonyl (C=O) groups excluding carboxylic acids is 1. The Balaban J connectivity index is 1.75. The fourth-order valence-electron chi connectivity index (χ4n) is 4.47. The minimum absolute atomic E-state index is 0.0697. The van der Waals surface area contributed by atoms with Gasteiger partial charge in [0.2, 0.25) is 15.9 Å². The Bertz CT molecular complexity index is 1100. The molecular weight excluding hydrogens is 414 g/mol. The van der Waals surface area contributed by atoms with Gasteiger partial charge in [0.1, 0.15) is 6.04 Å². The summed E-state index contributed by atoms with van der Waals surface area (Å²) in [5.41, 5.74) is 2.85. The summed E-state index contributed by atoms with van der Waals surface area (Å²) in [6.45, 7) is 3.93. The molecule has 9 heteroatoms. The van der Waals surface area contributed by atoms with Crippen LogP contribution in [-0.2, 0) is 14.8 Å². The standard InChI is InChI=1S/C22H29N5O3S/c1-15-22(28)26(3)20-9-8-19(16-6-5-7-17(14-16)24-31(4,29)30)23-21(20)27(15)18-10-12-25(2)13-11-18/h5-9,14-15,18,24H,10-13H2,1-4H3/t15-/m1/s1. The third-order valence-corrected chi connectivity index (χ3v) is 6.72. The third-order valence-electron chi connectivity index (χ3n) is 6.11. The first-order valence-electron chi connectivity index (χ1n) is 10.5. The number of likely N-dealkylation sites (tertiary alicyclic amines) is 1. The summed E-state index contributed by atoms with van der Waals surface area (Å²) in [4.78, 5) is 24.1. The van der Waals surface area contributed by atoms with Gasteiger partial charge >= 0.3 is 0 Å². The van der Waals surface area contributed by atoms with Crippen LogP contribution in [0.3, 0.4) is 0 Å². The highest BCUT2D eigenvalue weighted by molar-refractivity contribution is 7.92. The van der Waals surface area contributed by atoms with Crippen LogP contribution in [0.1, 0.15) is 19.8 Å². The van der Waals surface area contributed by atoms with Gasteiger partial charge in [0.05, 0.1) is 17.6 Å². The quantitative estimate of drug-likeness (QED) is 0.781.